The van der Waals surface area contributed by atoms with Crippen LogP contribution in [0.5, 0.6) is 0 Å². The van der Waals surface area contributed by atoms with E-state index in [4.69, 9.17) is 4.74 Å². The molecule has 0 unspecified atom stereocenters. The minimum Gasteiger partial charge on any atom is -0.452 e. The fraction of sp³-hybridized carbons (Fsp3) is 0.333. The van der Waals surface area contributed by atoms with Gasteiger partial charge in [0.2, 0.25) is 0 Å². The number of nitrogens with one attached hydrogen (secondary N) is 1. The third kappa shape index (κ3) is 5.54. The molecule has 2 aromatic carbocycles. The Morgan fingerprint density at radius 3 is 2.52 bits per heavy atom. The highest BCUT2D eigenvalue weighted by atomic mass is 16.6. The molecule has 3 rings (SSSR count). The molecule has 0 aliphatic carbocycles. The number of esters is 1. The molecule has 0 radical (unpaired) electrons. The molecule has 1 aliphatic heterocycles. The molecule has 1 fully saturated rings. The molecular weight excluding hydrogens is 374 g/mol. The summed E-state index contributed by atoms with van der Waals surface area (Å²) < 4.78 is 4.94. The monoisotopic (exact) mass is 397 g/mol. The van der Waals surface area contributed by atoms with Crippen molar-refractivity contribution in [2.45, 2.75) is 19.8 Å². The van der Waals surface area contributed by atoms with E-state index in [9.17, 15) is 19.7 Å². The highest BCUT2D eigenvalue weighted by Gasteiger charge is 2.17. The Kier molecular flexibility index (Phi) is 6.43. The van der Waals surface area contributed by atoms with Crippen molar-refractivity contribution in [2.75, 3.05) is 29.9 Å². The lowest BCUT2D eigenvalue weighted by Crippen LogP contribution is -2.32. The van der Waals surface area contributed by atoms with Crippen LogP contribution < -0.4 is 10.2 Å². The smallest absolute Gasteiger partial charge is 0.338 e. The van der Waals surface area contributed by atoms with Gasteiger partial charge in [-0.05, 0) is 49.1 Å². The van der Waals surface area contributed by atoms with Gasteiger partial charge in [-0.2, -0.15) is 0 Å². The summed E-state index contributed by atoms with van der Waals surface area (Å²) in [7, 11) is 0. The van der Waals surface area contributed by atoms with E-state index in [1.807, 2.05) is 24.3 Å². The number of ether oxygens (including phenoxy) is 1. The zero-order chi connectivity index (χ0) is 20.8. The standard InChI is InChI=1S/C21H23N3O5/c1-15-9-11-23(12-10-15)18-7-5-17(6-8-18)22-20(25)14-29-21(26)16-3-2-4-19(13-16)24(27)28/h2-8,13,15H,9-12,14H2,1H3,(H,22,25). The molecule has 1 amide bonds. The summed E-state index contributed by atoms with van der Waals surface area (Å²) in [5.74, 6) is -0.517. The van der Waals surface area contributed by atoms with Gasteiger partial charge in [-0.15, -0.1) is 0 Å². The lowest BCUT2D eigenvalue weighted by molar-refractivity contribution is -0.384. The first-order valence-corrected chi connectivity index (χ1v) is 9.49. The van der Waals surface area contributed by atoms with E-state index >= 15 is 0 Å². The van der Waals surface area contributed by atoms with Crippen LogP contribution in [-0.2, 0) is 9.53 Å². The number of nitrogens with zero attached hydrogens (tertiary/aromatic N) is 2. The van der Waals surface area contributed by atoms with E-state index < -0.39 is 23.4 Å². The molecule has 8 nitrogen and oxygen atoms in total. The summed E-state index contributed by atoms with van der Waals surface area (Å²) in [6.07, 6.45) is 2.35. The highest BCUT2D eigenvalue weighted by Crippen LogP contribution is 2.24. The number of carbonyl (C=O) groups excluding carboxylic acids is 2. The van der Waals surface area contributed by atoms with E-state index in [0.717, 1.165) is 30.8 Å². The molecular formula is C21H23N3O5. The summed E-state index contributed by atoms with van der Waals surface area (Å²) in [6.45, 7) is 3.84. The van der Waals surface area contributed by atoms with Crippen molar-refractivity contribution >= 4 is 28.9 Å². The van der Waals surface area contributed by atoms with E-state index in [0.29, 0.717) is 5.69 Å². The van der Waals surface area contributed by atoms with Gasteiger partial charge in [-0.3, -0.25) is 14.9 Å². The topological polar surface area (TPSA) is 102 Å². The number of amides is 1. The molecule has 1 saturated heterocycles. The highest BCUT2D eigenvalue weighted by molar-refractivity contribution is 5.95. The second-order valence-corrected chi connectivity index (χ2v) is 7.15. The summed E-state index contributed by atoms with van der Waals surface area (Å²) in [5, 5.41) is 13.4. The third-order valence-corrected chi connectivity index (χ3v) is 4.93. The Labute approximate surface area is 168 Å². The maximum Gasteiger partial charge on any atom is 0.338 e. The van der Waals surface area contributed by atoms with Crippen molar-refractivity contribution in [3.63, 3.8) is 0 Å². The third-order valence-electron chi connectivity index (χ3n) is 4.93. The molecule has 1 aliphatic rings. The number of nitro groups is 1. The van der Waals surface area contributed by atoms with Gasteiger partial charge in [-0.25, -0.2) is 4.79 Å². The fourth-order valence-corrected chi connectivity index (χ4v) is 3.18. The predicted octanol–water partition coefficient (Wildman–Crippen LogP) is 3.63. The van der Waals surface area contributed by atoms with Crippen LogP contribution >= 0.6 is 0 Å². The zero-order valence-electron chi connectivity index (χ0n) is 16.2. The molecule has 29 heavy (non-hydrogen) atoms. The fourth-order valence-electron chi connectivity index (χ4n) is 3.18. The molecule has 1 N–H and O–H groups in total. The van der Waals surface area contributed by atoms with Crippen molar-refractivity contribution in [1.82, 2.24) is 0 Å². The second kappa shape index (κ2) is 9.18. The van der Waals surface area contributed by atoms with E-state index in [2.05, 4.69) is 17.1 Å². The van der Waals surface area contributed by atoms with Crippen molar-refractivity contribution < 1.29 is 19.2 Å². The van der Waals surface area contributed by atoms with E-state index in [1.165, 1.54) is 31.0 Å². The summed E-state index contributed by atoms with van der Waals surface area (Å²) in [4.78, 5) is 36.5. The number of nitro benzene ring substituents is 1. The van der Waals surface area contributed by atoms with Crippen LogP contribution in [0.15, 0.2) is 48.5 Å². The number of benzene rings is 2. The normalized spacial score (nSPS) is 14.3. The van der Waals surface area contributed by atoms with Crippen LogP contribution in [0, 0.1) is 16.0 Å². The number of anilines is 2. The molecule has 152 valence electrons. The van der Waals surface area contributed by atoms with Gasteiger partial charge in [0.1, 0.15) is 0 Å². The van der Waals surface area contributed by atoms with Gasteiger partial charge < -0.3 is 15.0 Å². The van der Waals surface area contributed by atoms with Gasteiger partial charge in [-0.1, -0.05) is 13.0 Å². The molecule has 0 bridgehead atoms. The number of hydrogen-bond donors (Lipinski definition) is 1. The van der Waals surface area contributed by atoms with Crippen molar-refractivity contribution in [3.8, 4) is 0 Å². The van der Waals surface area contributed by atoms with Crippen molar-refractivity contribution in [1.29, 1.82) is 0 Å². The predicted molar refractivity (Wildman–Crippen MR) is 109 cm³/mol. The first-order chi connectivity index (χ1) is 13.9. The molecule has 1 heterocycles. The largest absolute Gasteiger partial charge is 0.452 e. The number of carbonyl (C=O) groups is 2. The molecule has 8 heteroatoms. The molecule has 2 aromatic rings. The average Bonchev–Trinajstić information content (AvgIpc) is 2.73. The maximum atomic E-state index is 12.0. The number of piperidine rings is 1. The Balaban J connectivity index is 1.50. The number of rotatable bonds is 6. The Hall–Kier alpha value is -3.42. The minimum absolute atomic E-state index is 0.0206. The molecule has 0 aromatic heterocycles. The van der Waals surface area contributed by atoms with Crippen LogP contribution in [0.1, 0.15) is 30.1 Å². The number of non-ortho nitro benzene ring substituents is 1. The van der Waals surface area contributed by atoms with Crippen LogP contribution in [-0.4, -0.2) is 36.5 Å². The van der Waals surface area contributed by atoms with Crippen molar-refractivity contribution in [3.05, 3.63) is 64.2 Å². The summed E-state index contributed by atoms with van der Waals surface area (Å²) >= 11 is 0. The van der Waals surface area contributed by atoms with Crippen LogP contribution in [0.25, 0.3) is 0 Å². The van der Waals surface area contributed by atoms with Crippen LogP contribution in [0.2, 0.25) is 0 Å². The zero-order valence-corrected chi connectivity index (χ0v) is 16.2. The average molecular weight is 397 g/mol. The first-order valence-electron chi connectivity index (χ1n) is 9.49. The van der Waals surface area contributed by atoms with E-state index in [1.54, 1.807) is 0 Å². The van der Waals surface area contributed by atoms with Gasteiger partial charge in [0.25, 0.3) is 11.6 Å². The van der Waals surface area contributed by atoms with E-state index in [-0.39, 0.29) is 11.3 Å². The lowest BCUT2D eigenvalue weighted by atomic mass is 9.99. The van der Waals surface area contributed by atoms with Crippen LogP contribution in [0.4, 0.5) is 17.1 Å². The first kappa shape index (κ1) is 20.3. The van der Waals surface area contributed by atoms with Gasteiger partial charge >= 0.3 is 5.97 Å². The second-order valence-electron chi connectivity index (χ2n) is 7.15. The quantitative estimate of drug-likeness (QED) is 0.454. The van der Waals surface area contributed by atoms with Gasteiger partial charge in [0.05, 0.1) is 10.5 Å². The summed E-state index contributed by atoms with van der Waals surface area (Å²) in [5.41, 5.74) is 1.53. The number of hydrogen-bond acceptors (Lipinski definition) is 6. The lowest BCUT2D eigenvalue weighted by Gasteiger charge is -2.32. The Morgan fingerprint density at radius 1 is 1.17 bits per heavy atom. The van der Waals surface area contributed by atoms with Crippen LogP contribution in [0.3, 0.4) is 0 Å². The van der Waals surface area contributed by atoms with Gasteiger partial charge in [0.15, 0.2) is 6.61 Å². The molecule has 0 saturated carbocycles. The minimum atomic E-state index is -0.793. The Bertz CT molecular complexity index is 889. The maximum absolute atomic E-state index is 12.0. The molecule has 0 atom stereocenters. The summed E-state index contributed by atoms with van der Waals surface area (Å²) in [6, 6.07) is 12.7. The molecule has 0 spiro atoms. The van der Waals surface area contributed by atoms with Gasteiger partial charge in [0, 0.05) is 36.6 Å². The Morgan fingerprint density at radius 2 is 1.86 bits per heavy atom. The SMILES string of the molecule is CC1CCN(c2ccc(NC(=O)COC(=O)c3cccc([N+](=O)[O-])c3)cc2)CC1. The van der Waals surface area contributed by atoms with Crippen molar-refractivity contribution in [2.24, 2.45) is 5.92 Å².